The maximum Gasteiger partial charge on any atom is 0.239 e. The van der Waals surface area contributed by atoms with Crippen LogP contribution in [0.3, 0.4) is 0 Å². The van der Waals surface area contributed by atoms with Crippen LogP contribution in [0, 0.1) is 0 Å². The molecule has 3 nitrogen and oxygen atoms in total. The Hall–Kier alpha value is -1.87. The Balaban J connectivity index is 1.94. The Morgan fingerprint density at radius 2 is 2.05 bits per heavy atom. The number of likely N-dealkylation sites (tertiary alicyclic amines) is 1. The Morgan fingerprint density at radius 1 is 1.27 bits per heavy atom. The van der Waals surface area contributed by atoms with Crippen LogP contribution in [0.15, 0.2) is 42.5 Å². The molecule has 2 unspecified atom stereocenters. The number of carbonyl (C=O) groups is 1. The predicted molar refractivity (Wildman–Crippen MR) is 90.5 cm³/mol. The van der Waals surface area contributed by atoms with Gasteiger partial charge >= 0.3 is 0 Å². The average Bonchev–Trinajstić information content (AvgIpc) is 3.03. The van der Waals surface area contributed by atoms with Gasteiger partial charge in [0.25, 0.3) is 0 Å². The maximum atomic E-state index is 12.7. The van der Waals surface area contributed by atoms with Crippen LogP contribution >= 0.6 is 0 Å². The summed E-state index contributed by atoms with van der Waals surface area (Å²) in [6, 6.07) is 14.6. The molecule has 2 aromatic carbocycles. The van der Waals surface area contributed by atoms with E-state index in [0.29, 0.717) is 0 Å². The van der Waals surface area contributed by atoms with Crippen LogP contribution in [0.2, 0.25) is 0 Å². The Morgan fingerprint density at radius 3 is 2.86 bits per heavy atom. The molecule has 3 rings (SSSR count). The van der Waals surface area contributed by atoms with Gasteiger partial charge in [-0.2, -0.15) is 0 Å². The molecule has 0 bridgehead atoms. The molecule has 0 aliphatic carbocycles. The Labute approximate surface area is 132 Å². The number of carbonyl (C=O) groups excluding carboxylic acids is 1. The molecule has 0 saturated carbocycles. The standard InChI is InChI=1S/C19H24N2O/c1-2-7-17(20)19(22)21-13-6-12-18(21)16-11-5-9-14-8-3-4-10-15(14)16/h3-5,8-11,17-18H,2,6-7,12-13,20H2,1H3. The second kappa shape index (κ2) is 6.49. The highest BCUT2D eigenvalue weighted by molar-refractivity contribution is 5.88. The SMILES string of the molecule is CCCC(N)C(=O)N1CCCC1c1cccc2ccccc12. The lowest BCUT2D eigenvalue weighted by molar-refractivity contribution is -0.133. The molecule has 0 radical (unpaired) electrons. The summed E-state index contributed by atoms with van der Waals surface area (Å²) in [6.07, 6.45) is 3.79. The second-order valence-corrected chi connectivity index (χ2v) is 6.15. The third-order valence-corrected chi connectivity index (χ3v) is 4.64. The number of benzene rings is 2. The first-order chi connectivity index (χ1) is 10.7. The van der Waals surface area contributed by atoms with E-state index in [-0.39, 0.29) is 18.0 Å². The van der Waals surface area contributed by atoms with Crippen molar-refractivity contribution in [3.05, 3.63) is 48.0 Å². The monoisotopic (exact) mass is 296 g/mol. The van der Waals surface area contributed by atoms with Gasteiger partial charge in [0.2, 0.25) is 5.91 Å². The predicted octanol–water partition coefficient (Wildman–Crippen LogP) is 3.63. The first kappa shape index (κ1) is 15.0. The van der Waals surface area contributed by atoms with Crippen molar-refractivity contribution < 1.29 is 4.79 Å². The fraction of sp³-hybridized carbons (Fsp3) is 0.421. The van der Waals surface area contributed by atoms with Crippen molar-refractivity contribution in [3.63, 3.8) is 0 Å². The first-order valence-corrected chi connectivity index (χ1v) is 8.26. The number of amides is 1. The van der Waals surface area contributed by atoms with E-state index in [4.69, 9.17) is 5.73 Å². The van der Waals surface area contributed by atoms with Gasteiger partial charge in [-0.3, -0.25) is 4.79 Å². The smallest absolute Gasteiger partial charge is 0.239 e. The van der Waals surface area contributed by atoms with Crippen molar-refractivity contribution in [1.29, 1.82) is 0 Å². The molecule has 116 valence electrons. The van der Waals surface area contributed by atoms with Gasteiger partial charge in [-0.15, -0.1) is 0 Å². The molecule has 3 heteroatoms. The summed E-state index contributed by atoms with van der Waals surface area (Å²) in [5, 5.41) is 2.48. The molecule has 1 aliphatic rings. The van der Waals surface area contributed by atoms with E-state index in [2.05, 4.69) is 49.4 Å². The zero-order valence-electron chi connectivity index (χ0n) is 13.2. The summed E-state index contributed by atoms with van der Waals surface area (Å²) in [4.78, 5) is 14.7. The van der Waals surface area contributed by atoms with Crippen LogP contribution in [0.25, 0.3) is 10.8 Å². The van der Waals surface area contributed by atoms with Gasteiger partial charge in [0.1, 0.15) is 0 Å². The molecule has 0 aromatic heterocycles. The van der Waals surface area contributed by atoms with Crippen LogP contribution in [-0.2, 0) is 4.79 Å². The van der Waals surface area contributed by atoms with Crippen LogP contribution in [0.5, 0.6) is 0 Å². The molecule has 2 N–H and O–H groups in total. The minimum absolute atomic E-state index is 0.109. The quantitative estimate of drug-likeness (QED) is 0.936. The summed E-state index contributed by atoms with van der Waals surface area (Å²) in [7, 11) is 0. The highest BCUT2D eigenvalue weighted by Crippen LogP contribution is 2.36. The maximum absolute atomic E-state index is 12.7. The highest BCUT2D eigenvalue weighted by atomic mass is 16.2. The van der Waals surface area contributed by atoms with Crippen molar-refractivity contribution in [2.45, 2.75) is 44.7 Å². The molecule has 1 amide bonds. The topological polar surface area (TPSA) is 46.3 Å². The second-order valence-electron chi connectivity index (χ2n) is 6.15. The van der Waals surface area contributed by atoms with E-state index in [1.165, 1.54) is 16.3 Å². The highest BCUT2D eigenvalue weighted by Gasteiger charge is 2.32. The van der Waals surface area contributed by atoms with Crippen LogP contribution in [0.1, 0.15) is 44.2 Å². The number of fused-ring (bicyclic) bond motifs is 1. The van der Waals surface area contributed by atoms with Gasteiger partial charge in [0.15, 0.2) is 0 Å². The lowest BCUT2D eigenvalue weighted by Crippen LogP contribution is -2.43. The van der Waals surface area contributed by atoms with Gasteiger partial charge in [0.05, 0.1) is 12.1 Å². The summed E-state index contributed by atoms with van der Waals surface area (Å²) in [5.41, 5.74) is 7.33. The zero-order chi connectivity index (χ0) is 15.5. The fourth-order valence-corrected chi connectivity index (χ4v) is 3.54. The van der Waals surface area contributed by atoms with Gasteiger partial charge in [0, 0.05) is 6.54 Å². The number of hydrogen-bond acceptors (Lipinski definition) is 2. The van der Waals surface area contributed by atoms with E-state index in [1.807, 2.05) is 4.90 Å². The van der Waals surface area contributed by atoms with Crippen LogP contribution < -0.4 is 5.73 Å². The van der Waals surface area contributed by atoms with Crippen molar-refractivity contribution in [3.8, 4) is 0 Å². The Bertz CT molecular complexity index is 662. The van der Waals surface area contributed by atoms with Crippen molar-refractivity contribution in [1.82, 2.24) is 4.90 Å². The van der Waals surface area contributed by atoms with Gasteiger partial charge < -0.3 is 10.6 Å². The summed E-state index contributed by atoms with van der Waals surface area (Å²) in [6.45, 7) is 2.89. The number of rotatable bonds is 4. The fourth-order valence-electron chi connectivity index (χ4n) is 3.54. The molecule has 0 spiro atoms. The van der Waals surface area contributed by atoms with E-state index >= 15 is 0 Å². The molecular weight excluding hydrogens is 272 g/mol. The molecule has 1 saturated heterocycles. The minimum Gasteiger partial charge on any atom is -0.334 e. The first-order valence-electron chi connectivity index (χ1n) is 8.26. The van der Waals surface area contributed by atoms with E-state index in [0.717, 1.165) is 32.2 Å². The molecule has 22 heavy (non-hydrogen) atoms. The molecule has 1 fully saturated rings. The van der Waals surface area contributed by atoms with Crippen LogP contribution in [0.4, 0.5) is 0 Å². The zero-order valence-corrected chi connectivity index (χ0v) is 13.2. The van der Waals surface area contributed by atoms with Gasteiger partial charge in [-0.05, 0) is 35.6 Å². The minimum atomic E-state index is -0.361. The number of hydrogen-bond donors (Lipinski definition) is 1. The largest absolute Gasteiger partial charge is 0.334 e. The molecule has 2 aromatic rings. The van der Waals surface area contributed by atoms with Crippen molar-refractivity contribution in [2.75, 3.05) is 6.54 Å². The molecule has 1 heterocycles. The third-order valence-electron chi connectivity index (χ3n) is 4.64. The Kier molecular flexibility index (Phi) is 4.44. The molecule has 1 aliphatic heterocycles. The van der Waals surface area contributed by atoms with E-state index in [1.54, 1.807) is 0 Å². The lowest BCUT2D eigenvalue weighted by atomic mass is 9.97. The lowest BCUT2D eigenvalue weighted by Gasteiger charge is -2.28. The summed E-state index contributed by atoms with van der Waals surface area (Å²) in [5.74, 6) is 0.109. The summed E-state index contributed by atoms with van der Waals surface area (Å²) < 4.78 is 0. The average molecular weight is 296 g/mol. The van der Waals surface area contributed by atoms with Gasteiger partial charge in [-0.25, -0.2) is 0 Å². The van der Waals surface area contributed by atoms with Crippen LogP contribution in [-0.4, -0.2) is 23.4 Å². The van der Waals surface area contributed by atoms with E-state index < -0.39 is 0 Å². The van der Waals surface area contributed by atoms with Gasteiger partial charge in [-0.1, -0.05) is 55.8 Å². The number of nitrogens with zero attached hydrogens (tertiary/aromatic N) is 1. The third kappa shape index (κ3) is 2.73. The normalized spacial score (nSPS) is 19.5. The van der Waals surface area contributed by atoms with E-state index in [9.17, 15) is 4.79 Å². The van der Waals surface area contributed by atoms with Crippen molar-refractivity contribution in [2.24, 2.45) is 5.73 Å². The molecule has 2 atom stereocenters. The summed E-state index contributed by atoms with van der Waals surface area (Å²) >= 11 is 0. The number of nitrogens with two attached hydrogens (primary N) is 1. The molecular formula is C19H24N2O. The van der Waals surface area contributed by atoms with Crippen molar-refractivity contribution >= 4 is 16.7 Å².